The van der Waals surface area contributed by atoms with Gasteiger partial charge in [-0.15, -0.1) is 0 Å². The van der Waals surface area contributed by atoms with Crippen molar-refractivity contribution in [3.63, 3.8) is 0 Å². The average molecular weight is 411 g/mol. The van der Waals surface area contributed by atoms with E-state index in [1.165, 1.54) is 28.8 Å². The zero-order valence-electron chi connectivity index (χ0n) is 16.2. The SMILES string of the molecule is CCc1c(C(=O)C(N)=O)c2c(C(=O)C(=O)O)nc(C)cn2c1Cc1cccc(F)c1. The molecule has 9 heteroatoms. The lowest BCUT2D eigenvalue weighted by Gasteiger charge is -2.08. The Kier molecular flexibility index (Phi) is 5.46. The van der Waals surface area contributed by atoms with E-state index in [0.717, 1.165) is 0 Å². The predicted octanol–water partition coefficient (Wildman–Crippen LogP) is 1.87. The van der Waals surface area contributed by atoms with Gasteiger partial charge in [-0.1, -0.05) is 19.1 Å². The summed E-state index contributed by atoms with van der Waals surface area (Å²) in [5.41, 5.74) is 6.32. The summed E-state index contributed by atoms with van der Waals surface area (Å²) in [5.74, 6) is -5.82. The Labute approximate surface area is 170 Å². The topological polar surface area (TPSA) is 132 Å². The summed E-state index contributed by atoms with van der Waals surface area (Å²) >= 11 is 0. The molecule has 2 aromatic heterocycles. The molecule has 0 bridgehead atoms. The number of aliphatic carboxylic acids is 1. The molecule has 0 aliphatic rings. The molecule has 0 saturated heterocycles. The molecule has 0 spiro atoms. The Hall–Kier alpha value is -3.88. The molecule has 3 N–H and O–H groups in total. The Bertz CT molecular complexity index is 1230. The Morgan fingerprint density at radius 3 is 2.47 bits per heavy atom. The van der Waals surface area contributed by atoms with Crippen molar-refractivity contribution in [2.24, 2.45) is 5.73 Å². The number of carbonyl (C=O) groups is 4. The van der Waals surface area contributed by atoms with Crippen molar-refractivity contribution in [3.8, 4) is 0 Å². The number of fused-ring (bicyclic) bond motifs is 1. The van der Waals surface area contributed by atoms with Crippen LogP contribution >= 0.6 is 0 Å². The van der Waals surface area contributed by atoms with Crippen molar-refractivity contribution < 1.29 is 28.7 Å². The number of nitrogens with two attached hydrogens (primary N) is 1. The molecule has 2 heterocycles. The number of carbonyl (C=O) groups excluding carboxylic acids is 3. The number of aromatic nitrogens is 2. The average Bonchev–Trinajstić information content (AvgIpc) is 2.99. The van der Waals surface area contributed by atoms with Gasteiger partial charge in [0.25, 0.3) is 17.5 Å². The van der Waals surface area contributed by atoms with E-state index in [2.05, 4.69) is 4.98 Å². The van der Waals surface area contributed by atoms with Crippen LogP contribution in [0.15, 0.2) is 30.5 Å². The molecule has 0 radical (unpaired) electrons. The minimum atomic E-state index is -1.75. The fourth-order valence-corrected chi connectivity index (χ4v) is 3.55. The lowest BCUT2D eigenvalue weighted by molar-refractivity contribution is -0.131. The summed E-state index contributed by atoms with van der Waals surface area (Å²) in [6, 6.07) is 5.84. The molecule has 1 amide bonds. The number of primary amides is 1. The van der Waals surface area contributed by atoms with E-state index in [4.69, 9.17) is 5.73 Å². The van der Waals surface area contributed by atoms with Crippen molar-refractivity contribution >= 4 is 29.0 Å². The number of benzene rings is 1. The molecule has 3 aromatic rings. The number of rotatable bonds is 7. The van der Waals surface area contributed by atoms with Crippen molar-refractivity contribution in [1.82, 2.24) is 9.38 Å². The van der Waals surface area contributed by atoms with Crippen molar-refractivity contribution in [2.75, 3.05) is 0 Å². The van der Waals surface area contributed by atoms with E-state index in [1.807, 2.05) is 0 Å². The Morgan fingerprint density at radius 2 is 1.90 bits per heavy atom. The van der Waals surface area contributed by atoms with Gasteiger partial charge in [-0.3, -0.25) is 14.4 Å². The molecule has 0 aliphatic carbocycles. The first kappa shape index (κ1) is 20.8. The van der Waals surface area contributed by atoms with Gasteiger partial charge in [0.05, 0.1) is 16.8 Å². The summed E-state index contributed by atoms with van der Waals surface area (Å²) < 4.78 is 15.2. The molecule has 0 saturated carbocycles. The summed E-state index contributed by atoms with van der Waals surface area (Å²) in [7, 11) is 0. The first-order valence-corrected chi connectivity index (χ1v) is 9.05. The van der Waals surface area contributed by atoms with Crippen LogP contribution in [-0.4, -0.2) is 37.9 Å². The summed E-state index contributed by atoms with van der Waals surface area (Å²) in [6.07, 6.45) is 1.97. The number of ketones is 2. The second-order valence-electron chi connectivity index (χ2n) is 6.74. The third kappa shape index (κ3) is 3.57. The highest BCUT2D eigenvalue weighted by Gasteiger charge is 2.31. The van der Waals surface area contributed by atoms with Crippen LogP contribution in [0.2, 0.25) is 0 Å². The lowest BCUT2D eigenvalue weighted by atomic mass is 9.98. The molecule has 0 unspecified atom stereocenters. The number of Topliss-reactive ketones (excluding diaryl/α,β-unsaturated/α-hetero) is 2. The highest BCUT2D eigenvalue weighted by Crippen LogP contribution is 2.30. The maximum absolute atomic E-state index is 13.7. The number of amides is 1. The van der Waals surface area contributed by atoms with Crippen LogP contribution in [0.1, 0.15) is 50.3 Å². The summed E-state index contributed by atoms with van der Waals surface area (Å²) in [5, 5.41) is 9.21. The monoisotopic (exact) mass is 411 g/mol. The fourth-order valence-electron chi connectivity index (χ4n) is 3.55. The number of carboxylic acids is 1. The number of carboxylic acid groups (broad SMARTS) is 1. The predicted molar refractivity (Wildman–Crippen MR) is 104 cm³/mol. The molecular formula is C21H18FN3O5. The summed E-state index contributed by atoms with van der Waals surface area (Å²) in [6.45, 7) is 3.30. The van der Waals surface area contributed by atoms with E-state index in [9.17, 15) is 28.7 Å². The number of hydrogen-bond acceptors (Lipinski definition) is 5. The lowest BCUT2D eigenvalue weighted by Crippen LogP contribution is -2.25. The number of aryl methyl sites for hydroxylation is 1. The third-order valence-corrected chi connectivity index (χ3v) is 4.72. The van der Waals surface area contributed by atoms with Gasteiger partial charge in [0.1, 0.15) is 11.5 Å². The van der Waals surface area contributed by atoms with Crippen LogP contribution in [0.5, 0.6) is 0 Å². The van der Waals surface area contributed by atoms with Gasteiger partial charge in [-0.2, -0.15) is 0 Å². The number of halogens is 1. The maximum atomic E-state index is 13.7. The smallest absolute Gasteiger partial charge is 0.379 e. The van der Waals surface area contributed by atoms with Crippen LogP contribution in [0.4, 0.5) is 4.39 Å². The van der Waals surface area contributed by atoms with E-state index < -0.39 is 35.0 Å². The van der Waals surface area contributed by atoms with E-state index >= 15 is 0 Å². The van der Waals surface area contributed by atoms with Gasteiger partial charge in [0.15, 0.2) is 0 Å². The van der Waals surface area contributed by atoms with Crippen LogP contribution in [0.3, 0.4) is 0 Å². The summed E-state index contributed by atoms with van der Waals surface area (Å²) in [4.78, 5) is 52.0. The molecule has 30 heavy (non-hydrogen) atoms. The zero-order valence-corrected chi connectivity index (χ0v) is 16.2. The number of hydrogen-bond donors (Lipinski definition) is 2. The third-order valence-electron chi connectivity index (χ3n) is 4.72. The van der Waals surface area contributed by atoms with Gasteiger partial charge in [0.2, 0.25) is 0 Å². The van der Waals surface area contributed by atoms with Crippen molar-refractivity contribution in [3.05, 3.63) is 70.1 Å². The minimum absolute atomic E-state index is 0.0972. The zero-order chi connectivity index (χ0) is 22.2. The standard InChI is InChI=1S/C21H18FN3O5/c1-3-13-14(8-11-5-4-6-12(22)7-11)25-9-10(2)24-16(19(27)21(29)30)17(25)15(13)18(26)20(23)28/h4-7,9H,3,8H2,1-2H3,(H2,23,28)(H,29,30). The normalized spacial score (nSPS) is 10.9. The first-order chi connectivity index (χ1) is 14.1. The van der Waals surface area contributed by atoms with Gasteiger partial charge < -0.3 is 15.2 Å². The molecule has 0 aliphatic heterocycles. The highest BCUT2D eigenvalue weighted by molar-refractivity contribution is 6.46. The van der Waals surface area contributed by atoms with Gasteiger partial charge in [0, 0.05) is 18.3 Å². The molecule has 1 aromatic carbocycles. The molecule has 0 fully saturated rings. The molecule has 154 valence electrons. The molecule has 8 nitrogen and oxygen atoms in total. The van der Waals surface area contributed by atoms with Crippen molar-refractivity contribution in [2.45, 2.75) is 26.7 Å². The van der Waals surface area contributed by atoms with Crippen LogP contribution in [0, 0.1) is 12.7 Å². The van der Waals surface area contributed by atoms with Crippen molar-refractivity contribution in [1.29, 1.82) is 0 Å². The Balaban J connectivity index is 2.44. The second-order valence-corrected chi connectivity index (χ2v) is 6.74. The highest BCUT2D eigenvalue weighted by atomic mass is 19.1. The van der Waals surface area contributed by atoms with E-state index in [1.54, 1.807) is 19.9 Å². The van der Waals surface area contributed by atoms with Crippen LogP contribution < -0.4 is 5.73 Å². The molecule has 0 atom stereocenters. The fraction of sp³-hybridized carbons (Fsp3) is 0.190. The second kappa shape index (κ2) is 7.86. The van der Waals surface area contributed by atoms with Gasteiger partial charge in [-0.05, 0) is 36.6 Å². The quantitative estimate of drug-likeness (QED) is 0.451. The number of nitrogens with zero attached hydrogens (tertiary/aromatic N) is 2. The maximum Gasteiger partial charge on any atom is 0.379 e. The van der Waals surface area contributed by atoms with Gasteiger partial charge in [-0.25, -0.2) is 14.2 Å². The molecular weight excluding hydrogens is 393 g/mol. The van der Waals surface area contributed by atoms with Crippen LogP contribution in [-0.2, 0) is 22.4 Å². The largest absolute Gasteiger partial charge is 0.475 e. The molecule has 3 rings (SSSR count). The van der Waals surface area contributed by atoms with Crippen LogP contribution in [0.25, 0.3) is 5.52 Å². The minimum Gasteiger partial charge on any atom is -0.475 e. The van der Waals surface area contributed by atoms with E-state index in [0.29, 0.717) is 22.5 Å². The first-order valence-electron chi connectivity index (χ1n) is 9.05. The Morgan fingerprint density at radius 1 is 1.20 bits per heavy atom. The van der Waals surface area contributed by atoms with Gasteiger partial charge >= 0.3 is 5.97 Å². The van der Waals surface area contributed by atoms with E-state index in [-0.39, 0.29) is 23.9 Å².